The van der Waals surface area contributed by atoms with Crippen LogP contribution >= 0.6 is 0 Å². The van der Waals surface area contributed by atoms with E-state index in [4.69, 9.17) is 0 Å². The number of anilines is 2. The number of rotatable bonds is 5. The minimum atomic E-state index is -0.709. The fourth-order valence-electron chi connectivity index (χ4n) is 2.70. The molecule has 8 heteroatoms. The average Bonchev–Trinajstić information content (AvgIpc) is 3.08. The number of aryl methyl sites for hydroxylation is 2. The quantitative estimate of drug-likeness (QED) is 0.722. The van der Waals surface area contributed by atoms with Crippen molar-refractivity contribution in [2.75, 3.05) is 10.2 Å². The fourth-order valence-corrected chi connectivity index (χ4v) is 2.70. The van der Waals surface area contributed by atoms with Crippen molar-refractivity contribution in [1.29, 1.82) is 0 Å². The Labute approximate surface area is 144 Å². The SMILES string of the molecule is Cc1cccc(N2C(=O)NC(CCC(=O)Nc3cc(C)[nH]n3)C2=O)c1. The number of hydrogen-bond donors (Lipinski definition) is 3. The Bertz CT molecular complexity index is 829. The van der Waals surface area contributed by atoms with E-state index in [1.165, 1.54) is 0 Å². The lowest BCUT2D eigenvalue weighted by molar-refractivity contribution is -0.119. The van der Waals surface area contributed by atoms with Crippen LogP contribution in [0.15, 0.2) is 30.3 Å². The van der Waals surface area contributed by atoms with Gasteiger partial charge in [0.05, 0.1) is 5.69 Å². The van der Waals surface area contributed by atoms with Gasteiger partial charge in [-0.1, -0.05) is 12.1 Å². The van der Waals surface area contributed by atoms with Crippen LogP contribution in [0.4, 0.5) is 16.3 Å². The van der Waals surface area contributed by atoms with Gasteiger partial charge in [0.15, 0.2) is 5.82 Å². The van der Waals surface area contributed by atoms with Crippen molar-refractivity contribution in [1.82, 2.24) is 15.5 Å². The molecule has 0 aliphatic carbocycles. The van der Waals surface area contributed by atoms with Crippen LogP contribution in [0.25, 0.3) is 0 Å². The molecule has 0 bridgehead atoms. The highest BCUT2D eigenvalue weighted by atomic mass is 16.2. The second kappa shape index (κ2) is 6.76. The van der Waals surface area contributed by atoms with Crippen LogP contribution in [0.3, 0.4) is 0 Å². The summed E-state index contributed by atoms with van der Waals surface area (Å²) in [4.78, 5) is 37.7. The Kier molecular flexibility index (Phi) is 4.51. The molecular weight excluding hydrogens is 322 g/mol. The summed E-state index contributed by atoms with van der Waals surface area (Å²) in [5, 5.41) is 11.9. The van der Waals surface area contributed by atoms with Crippen molar-refractivity contribution < 1.29 is 14.4 Å². The number of H-pyrrole nitrogens is 1. The van der Waals surface area contributed by atoms with Crippen molar-refractivity contribution in [2.45, 2.75) is 32.7 Å². The maximum Gasteiger partial charge on any atom is 0.329 e. The Morgan fingerprint density at radius 1 is 1.28 bits per heavy atom. The van der Waals surface area contributed by atoms with Gasteiger partial charge < -0.3 is 10.6 Å². The molecule has 1 aromatic heterocycles. The number of aromatic amines is 1. The summed E-state index contributed by atoms with van der Waals surface area (Å²) in [6.45, 7) is 3.72. The number of aromatic nitrogens is 2. The van der Waals surface area contributed by atoms with Gasteiger partial charge in [-0.3, -0.25) is 14.7 Å². The van der Waals surface area contributed by atoms with Crippen molar-refractivity contribution in [2.24, 2.45) is 0 Å². The van der Waals surface area contributed by atoms with Crippen LogP contribution < -0.4 is 15.5 Å². The molecule has 1 aromatic carbocycles. The maximum atomic E-state index is 12.5. The smallest absolute Gasteiger partial charge is 0.325 e. The molecular formula is C17H19N5O3. The summed E-state index contributed by atoms with van der Waals surface area (Å²) in [5.41, 5.74) is 2.32. The minimum absolute atomic E-state index is 0.101. The minimum Gasteiger partial charge on any atom is -0.325 e. The van der Waals surface area contributed by atoms with E-state index in [0.717, 1.165) is 16.2 Å². The molecule has 0 radical (unpaired) electrons. The summed E-state index contributed by atoms with van der Waals surface area (Å²) in [5.74, 6) is -0.174. The van der Waals surface area contributed by atoms with Gasteiger partial charge in [-0.15, -0.1) is 0 Å². The molecule has 0 spiro atoms. The first-order chi connectivity index (χ1) is 11.9. The third-order valence-electron chi connectivity index (χ3n) is 3.91. The first kappa shape index (κ1) is 16.7. The number of nitrogens with one attached hydrogen (secondary N) is 3. The van der Waals surface area contributed by atoms with Gasteiger partial charge >= 0.3 is 6.03 Å². The molecule has 8 nitrogen and oxygen atoms in total. The number of amides is 4. The number of carbonyl (C=O) groups excluding carboxylic acids is 3. The molecule has 1 unspecified atom stereocenters. The molecule has 130 valence electrons. The predicted octanol–water partition coefficient (Wildman–Crippen LogP) is 1.87. The van der Waals surface area contributed by atoms with Crippen LogP contribution in [0.5, 0.6) is 0 Å². The Morgan fingerprint density at radius 3 is 2.76 bits per heavy atom. The van der Waals surface area contributed by atoms with Gasteiger partial charge in [0.1, 0.15) is 6.04 Å². The lowest BCUT2D eigenvalue weighted by atomic mass is 10.1. The largest absolute Gasteiger partial charge is 0.329 e. The zero-order valence-corrected chi connectivity index (χ0v) is 14.0. The number of benzene rings is 1. The summed E-state index contributed by atoms with van der Waals surface area (Å²) < 4.78 is 0. The first-order valence-electron chi connectivity index (χ1n) is 7.97. The van der Waals surface area contributed by atoms with E-state index in [0.29, 0.717) is 11.5 Å². The van der Waals surface area contributed by atoms with Gasteiger partial charge in [-0.25, -0.2) is 9.69 Å². The number of urea groups is 1. The van der Waals surface area contributed by atoms with Gasteiger partial charge in [-0.2, -0.15) is 5.10 Å². The standard InChI is InChI=1S/C17H19N5O3/c1-10-4-3-5-12(8-10)22-16(24)13(18-17(22)25)6-7-15(23)19-14-9-11(2)20-21-14/h3-5,8-9,13H,6-7H2,1-2H3,(H,18,25)(H2,19,20,21,23). The molecule has 3 N–H and O–H groups in total. The Morgan fingerprint density at radius 2 is 2.08 bits per heavy atom. The average molecular weight is 341 g/mol. The number of nitrogens with zero attached hydrogens (tertiary/aromatic N) is 2. The van der Waals surface area contributed by atoms with E-state index in [2.05, 4.69) is 20.8 Å². The highest BCUT2D eigenvalue weighted by Crippen LogP contribution is 2.22. The third-order valence-corrected chi connectivity index (χ3v) is 3.91. The van der Waals surface area contributed by atoms with Crippen LogP contribution in [0.1, 0.15) is 24.1 Å². The molecule has 1 fully saturated rings. The predicted molar refractivity (Wildman–Crippen MR) is 92.2 cm³/mol. The maximum absolute atomic E-state index is 12.5. The van der Waals surface area contributed by atoms with E-state index in [9.17, 15) is 14.4 Å². The molecule has 25 heavy (non-hydrogen) atoms. The second-order valence-electron chi connectivity index (χ2n) is 6.04. The van der Waals surface area contributed by atoms with E-state index in [1.807, 2.05) is 19.9 Å². The van der Waals surface area contributed by atoms with Gasteiger partial charge in [0.25, 0.3) is 5.91 Å². The molecule has 2 aromatic rings. The summed E-state index contributed by atoms with van der Waals surface area (Å²) in [6, 6.07) is 7.69. The first-order valence-corrected chi connectivity index (χ1v) is 7.97. The topological polar surface area (TPSA) is 107 Å². The highest BCUT2D eigenvalue weighted by molar-refractivity contribution is 6.21. The summed E-state index contributed by atoms with van der Waals surface area (Å²) >= 11 is 0. The van der Waals surface area contributed by atoms with E-state index in [-0.39, 0.29) is 24.7 Å². The Hall–Kier alpha value is -3.16. The highest BCUT2D eigenvalue weighted by Gasteiger charge is 2.38. The molecule has 4 amide bonds. The van der Waals surface area contributed by atoms with Gasteiger partial charge in [-0.05, 0) is 38.0 Å². The number of carbonyl (C=O) groups is 3. The second-order valence-corrected chi connectivity index (χ2v) is 6.04. The molecule has 1 saturated heterocycles. The van der Waals surface area contributed by atoms with Crippen LogP contribution in [-0.4, -0.2) is 34.1 Å². The molecule has 1 atom stereocenters. The number of hydrogen-bond acceptors (Lipinski definition) is 4. The lowest BCUT2D eigenvalue weighted by Gasteiger charge is -2.13. The van der Waals surface area contributed by atoms with Crippen LogP contribution in [0, 0.1) is 13.8 Å². The molecule has 1 aliphatic heterocycles. The third kappa shape index (κ3) is 3.68. The lowest BCUT2D eigenvalue weighted by Crippen LogP contribution is -2.31. The molecule has 3 rings (SSSR count). The normalized spacial score (nSPS) is 16.9. The number of imide groups is 1. The van der Waals surface area contributed by atoms with E-state index in [1.54, 1.807) is 24.3 Å². The fraction of sp³-hybridized carbons (Fsp3) is 0.294. The van der Waals surface area contributed by atoms with Crippen LogP contribution in [0.2, 0.25) is 0 Å². The zero-order valence-electron chi connectivity index (χ0n) is 14.0. The van der Waals surface area contributed by atoms with Gasteiger partial charge in [0, 0.05) is 18.2 Å². The van der Waals surface area contributed by atoms with Crippen molar-refractivity contribution in [3.05, 3.63) is 41.6 Å². The molecule has 0 saturated carbocycles. The van der Waals surface area contributed by atoms with Crippen molar-refractivity contribution >= 4 is 29.4 Å². The summed E-state index contributed by atoms with van der Waals surface area (Å²) in [7, 11) is 0. The van der Waals surface area contributed by atoms with Gasteiger partial charge in [0.2, 0.25) is 5.91 Å². The van der Waals surface area contributed by atoms with Crippen LogP contribution in [-0.2, 0) is 9.59 Å². The monoisotopic (exact) mass is 341 g/mol. The summed E-state index contributed by atoms with van der Waals surface area (Å²) in [6.07, 6.45) is 0.326. The van der Waals surface area contributed by atoms with Crippen molar-refractivity contribution in [3.8, 4) is 0 Å². The molecule has 1 aliphatic rings. The Balaban J connectivity index is 1.59. The zero-order chi connectivity index (χ0) is 18.0. The van der Waals surface area contributed by atoms with E-state index < -0.39 is 12.1 Å². The van der Waals surface area contributed by atoms with Crippen molar-refractivity contribution in [3.63, 3.8) is 0 Å². The molecule has 2 heterocycles. The van der Waals surface area contributed by atoms with E-state index >= 15 is 0 Å².